The third kappa shape index (κ3) is 6.88. The number of nitrogens with zero attached hydrogens (tertiary/aromatic N) is 3. The molecule has 19 heavy (non-hydrogen) atoms. The van der Waals surface area contributed by atoms with E-state index in [0.29, 0.717) is 25.7 Å². The first-order valence-electron chi connectivity index (χ1n) is 6.50. The van der Waals surface area contributed by atoms with Gasteiger partial charge in [0.2, 0.25) is 5.91 Å². The second-order valence-corrected chi connectivity index (χ2v) is 4.64. The Hall–Kier alpha value is -1.47. The van der Waals surface area contributed by atoms with Gasteiger partial charge in [-0.2, -0.15) is 0 Å². The Balaban J connectivity index is 2.26. The van der Waals surface area contributed by atoms with Crippen molar-refractivity contribution in [2.45, 2.75) is 39.4 Å². The summed E-state index contributed by atoms with van der Waals surface area (Å²) in [5.41, 5.74) is 0.834. The fourth-order valence-electron chi connectivity index (χ4n) is 1.45. The molecule has 1 heterocycles. The molecule has 0 spiro atoms. The minimum absolute atomic E-state index is 0.0654. The number of ether oxygens (including phenoxy) is 1. The Labute approximate surface area is 113 Å². The summed E-state index contributed by atoms with van der Waals surface area (Å²) >= 11 is 0. The monoisotopic (exact) mass is 269 g/mol. The van der Waals surface area contributed by atoms with Crippen LogP contribution in [0, 0.1) is 0 Å². The van der Waals surface area contributed by atoms with Gasteiger partial charge >= 0.3 is 0 Å². The number of hydrogen-bond donors (Lipinski definition) is 2. The first-order chi connectivity index (χ1) is 9.11. The number of methoxy groups -OCH3 is 1. The third-order valence-electron chi connectivity index (χ3n) is 2.43. The topological polar surface area (TPSA) is 81.1 Å². The molecule has 1 aromatic rings. The van der Waals surface area contributed by atoms with E-state index in [1.165, 1.54) is 0 Å². The number of amides is 1. The average molecular weight is 269 g/mol. The predicted molar refractivity (Wildman–Crippen MR) is 71.5 cm³/mol. The highest BCUT2D eigenvalue weighted by Gasteiger charge is 2.05. The van der Waals surface area contributed by atoms with Crippen LogP contribution in [0.4, 0.5) is 0 Å². The van der Waals surface area contributed by atoms with Crippen LogP contribution in [0.1, 0.15) is 26.0 Å². The molecule has 0 bridgehead atoms. The smallest absolute Gasteiger partial charge is 0.241 e. The molecule has 0 aliphatic rings. The normalized spacial score (nSPS) is 10.9. The van der Waals surface area contributed by atoms with Crippen LogP contribution in [0.15, 0.2) is 6.20 Å². The molecule has 0 fully saturated rings. The zero-order valence-electron chi connectivity index (χ0n) is 11.8. The third-order valence-corrected chi connectivity index (χ3v) is 2.43. The van der Waals surface area contributed by atoms with Crippen molar-refractivity contribution in [3.8, 4) is 0 Å². The molecule has 0 aromatic carbocycles. The number of carbonyl (C=O) groups excluding carboxylic acids is 1. The van der Waals surface area contributed by atoms with Gasteiger partial charge in [0.15, 0.2) is 0 Å². The Morgan fingerprint density at radius 2 is 2.32 bits per heavy atom. The van der Waals surface area contributed by atoms with Crippen molar-refractivity contribution in [2.24, 2.45) is 0 Å². The lowest BCUT2D eigenvalue weighted by Crippen LogP contribution is -2.29. The zero-order valence-corrected chi connectivity index (χ0v) is 11.8. The van der Waals surface area contributed by atoms with Gasteiger partial charge in [-0.1, -0.05) is 19.1 Å². The van der Waals surface area contributed by atoms with Crippen molar-refractivity contribution in [2.75, 3.05) is 20.3 Å². The van der Waals surface area contributed by atoms with E-state index in [-0.39, 0.29) is 12.5 Å². The minimum Gasteiger partial charge on any atom is -0.385 e. The molecule has 0 aliphatic carbocycles. The van der Waals surface area contributed by atoms with Gasteiger partial charge in [0.25, 0.3) is 0 Å². The van der Waals surface area contributed by atoms with E-state index in [0.717, 1.165) is 12.1 Å². The highest BCUT2D eigenvalue weighted by molar-refractivity contribution is 5.75. The van der Waals surface area contributed by atoms with E-state index in [9.17, 15) is 4.79 Å². The Kier molecular flexibility index (Phi) is 7.06. The molecule has 0 radical (unpaired) electrons. The quantitative estimate of drug-likeness (QED) is 0.613. The van der Waals surface area contributed by atoms with Crippen LogP contribution in [0.3, 0.4) is 0 Å². The lowest BCUT2D eigenvalue weighted by molar-refractivity contribution is -0.121. The standard InChI is InChI=1S/C12H23N5O2/c1-10(2)14-7-11-8-17(16-15-11)9-12(18)13-5-4-6-19-3/h8,10,14H,4-7,9H2,1-3H3,(H,13,18). The SMILES string of the molecule is COCCCNC(=O)Cn1cc(CNC(C)C)nn1. The Bertz CT molecular complexity index is 378. The second-order valence-electron chi connectivity index (χ2n) is 4.64. The maximum absolute atomic E-state index is 11.6. The lowest BCUT2D eigenvalue weighted by atomic mass is 10.3. The van der Waals surface area contributed by atoms with Gasteiger partial charge in [-0.05, 0) is 6.42 Å². The van der Waals surface area contributed by atoms with Gasteiger partial charge in [0, 0.05) is 32.8 Å². The van der Waals surface area contributed by atoms with Crippen LogP contribution >= 0.6 is 0 Å². The zero-order chi connectivity index (χ0) is 14.1. The predicted octanol–water partition coefficient (Wildman–Crippen LogP) is -0.0712. The molecule has 7 nitrogen and oxygen atoms in total. The molecule has 0 atom stereocenters. The molecule has 0 saturated carbocycles. The molecule has 1 aromatic heterocycles. The maximum atomic E-state index is 11.6. The molecule has 0 saturated heterocycles. The summed E-state index contributed by atoms with van der Waals surface area (Å²) in [6.07, 6.45) is 2.59. The van der Waals surface area contributed by atoms with Gasteiger partial charge in [-0.25, -0.2) is 4.68 Å². The van der Waals surface area contributed by atoms with Gasteiger partial charge in [-0.3, -0.25) is 4.79 Å². The summed E-state index contributed by atoms with van der Waals surface area (Å²) in [7, 11) is 1.64. The summed E-state index contributed by atoms with van der Waals surface area (Å²) in [5.74, 6) is -0.0654. The van der Waals surface area contributed by atoms with E-state index in [1.54, 1.807) is 18.0 Å². The van der Waals surface area contributed by atoms with Crippen LogP contribution in [0.5, 0.6) is 0 Å². The maximum Gasteiger partial charge on any atom is 0.241 e. The number of rotatable bonds is 9. The summed E-state index contributed by atoms with van der Waals surface area (Å²) in [6.45, 7) is 6.25. The van der Waals surface area contributed by atoms with Gasteiger partial charge < -0.3 is 15.4 Å². The van der Waals surface area contributed by atoms with Crippen molar-refractivity contribution >= 4 is 5.91 Å². The first-order valence-corrected chi connectivity index (χ1v) is 6.50. The highest BCUT2D eigenvalue weighted by atomic mass is 16.5. The molecule has 7 heteroatoms. The van der Waals surface area contributed by atoms with Crippen LogP contribution in [-0.2, 0) is 22.6 Å². The molecule has 0 unspecified atom stereocenters. The molecule has 0 aliphatic heterocycles. The van der Waals surface area contributed by atoms with Crippen LogP contribution in [-0.4, -0.2) is 47.2 Å². The summed E-state index contributed by atoms with van der Waals surface area (Å²) in [6, 6.07) is 0.397. The fraction of sp³-hybridized carbons (Fsp3) is 0.750. The van der Waals surface area contributed by atoms with Crippen molar-refractivity contribution in [1.82, 2.24) is 25.6 Å². The summed E-state index contributed by atoms with van der Waals surface area (Å²) in [4.78, 5) is 11.6. The Morgan fingerprint density at radius 1 is 1.53 bits per heavy atom. The fourth-order valence-corrected chi connectivity index (χ4v) is 1.45. The molecular weight excluding hydrogens is 246 g/mol. The molecule has 2 N–H and O–H groups in total. The van der Waals surface area contributed by atoms with E-state index < -0.39 is 0 Å². The number of nitrogens with one attached hydrogen (secondary N) is 2. The largest absolute Gasteiger partial charge is 0.385 e. The van der Waals surface area contributed by atoms with Crippen molar-refractivity contribution in [3.63, 3.8) is 0 Å². The van der Waals surface area contributed by atoms with Crippen molar-refractivity contribution < 1.29 is 9.53 Å². The molecule has 1 amide bonds. The molecular formula is C12H23N5O2. The van der Waals surface area contributed by atoms with E-state index in [2.05, 4.69) is 34.8 Å². The summed E-state index contributed by atoms with van der Waals surface area (Å²) in [5, 5.41) is 14.0. The first kappa shape index (κ1) is 15.6. The number of aromatic nitrogens is 3. The molecule has 108 valence electrons. The van der Waals surface area contributed by atoms with Gasteiger partial charge in [0.1, 0.15) is 6.54 Å². The lowest BCUT2D eigenvalue weighted by Gasteiger charge is -2.05. The van der Waals surface area contributed by atoms with E-state index in [4.69, 9.17) is 4.74 Å². The minimum atomic E-state index is -0.0654. The summed E-state index contributed by atoms with van der Waals surface area (Å²) < 4.78 is 6.45. The van der Waals surface area contributed by atoms with Crippen LogP contribution < -0.4 is 10.6 Å². The van der Waals surface area contributed by atoms with E-state index in [1.807, 2.05) is 0 Å². The van der Waals surface area contributed by atoms with Crippen molar-refractivity contribution in [3.05, 3.63) is 11.9 Å². The highest BCUT2D eigenvalue weighted by Crippen LogP contribution is 1.93. The van der Waals surface area contributed by atoms with Gasteiger partial charge in [0.05, 0.1) is 11.9 Å². The average Bonchev–Trinajstić information content (AvgIpc) is 2.80. The van der Waals surface area contributed by atoms with E-state index >= 15 is 0 Å². The second kappa shape index (κ2) is 8.60. The van der Waals surface area contributed by atoms with Crippen LogP contribution in [0.25, 0.3) is 0 Å². The van der Waals surface area contributed by atoms with Gasteiger partial charge in [-0.15, -0.1) is 5.10 Å². The van der Waals surface area contributed by atoms with Crippen molar-refractivity contribution in [1.29, 1.82) is 0 Å². The number of carbonyl (C=O) groups is 1. The molecule has 1 rings (SSSR count). The van der Waals surface area contributed by atoms with Crippen LogP contribution in [0.2, 0.25) is 0 Å². The Morgan fingerprint density at radius 3 is 3.00 bits per heavy atom. The number of hydrogen-bond acceptors (Lipinski definition) is 5.